The summed E-state index contributed by atoms with van der Waals surface area (Å²) in [5.74, 6) is 2.64. The number of carbonyl (C=O) groups excluding carboxylic acids is 2. The van der Waals surface area contributed by atoms with Gasteiger partial charge in [0.1, 0.15) is 19.0 Å². The average Bonchev–Trinajstić information content (AvgIpc) is 3.04. The zero-order valence-corrected chi connectivity index (χ0v) is 27.5. The molecule has 1 radical (unpaired) electrons. The molecule has 3 rings (SSSR count). The minimum absolute atomic E-state index is 0.0450. The summed E-state index contributed by atoms with van der Waals surface area (Å²) in [5, 5.41) is 17.8. The van der Waals surface area contributed by atoms with Crippen LogP contribution in [0.25, 0.3) is 0 Å². The van der Waals surface area contributed by atoms with Crippen molar-refractivity contribution in [2.75, 3.05) is 26.9 Å². The van der Waals surface area contributed by atoms with Gasteiger partial charge in [-0.2, -0.15) is 0 Å². The molecule has 1 aliphatic carbocycles. The lowest BCUT2D eigenvalue weighted by atomic mass is 9.87. The van der Waals surface area contributed by atoms with Crippen LogP contribution in [0.1, 0.15) is 91.0 Å². The Bertz CT molecular complexity index is 1000. The van der Waals surface area contributed by atoms with Crippen LogP contribution >= 0.6 is 0 Å². The first-order valence-corrected chi connectivity index (χ1v) is 15.6. The van der Waals surface area contributed by atoms with Crippen LogP contribution in [-0.4, -0.2) is 49.1 Å². The van der Waals surface area contributed by atoms with E-state index in [0.717, 1.165) is 24.2 Å². The number of para-hydroxylation sites is 1. The number of esters is 2. The summed E-state index contributed by atoms with van der Waals surface area (Å²) in [7, 11) is 1.47. The second-order valence-corrected chi connectivity index (χ2v) is 10.4. The van der Waals surface area contributed by atoms with Gasteiger partial charge in [-0.1, -0.05) is 76.8 Å². The summed E-state index contributed by atoms with van der Waals surface area (Å²) in [6, 6.07) is 14.2. The van der Waals surface area contributed by atoms with Gasteiger partial charge in [-0.25, -0.2) is 0 Å². The third-order valence-electron chi connectivity index (χ3n) is 6.27. The van der Waals surface area contributed by atoms with Crippen LogP contribution in [-0.2, 0) is 25.7 Å². The number of phenols is 1. The largest absolute Gasteiger partial charge is 0.504 e. The molecule has 0 unspecified atom stereocenters. The first-order chi connectivity index (χ1) is 21.2. The van der Waals surface area contributed by atoms with Gasteiger partial charge in [0.2, 0.25) is 0 Å². The Morgan fingerprint density at radius 2 is 1.66 bits per heavy atom. The van der Waals surface area contributed by atoms with Crippen LogP contribution in [0.2, 0.25) is 0 Å². The lowest BCUT2D eigenvalue weighted by molar-refractivity contribution is -0.148. The van der Waals surface area contributed by atoms with E-state index in [-0.39, 0.29) is 30.2 Å². The molecule has 8 nitrogen and oxygen atoms in total. The fourth-order valence-electron chi connectivity index (χ4n) is 3.82. The van der Waals surface area contributed by atoms with Crippen LogP contribution in [0.15, 0.2) is 61.2 Å². The van der Waals surface area contributed by atoms with E-state index in [0.29, 0.717) is 32.0 Å². The fourth-order valence-corrected chi connectivity index (χ4v) is 3.82. The van der Waals surface area contributed by atoms with Gasteiger partial charge in [-0.3, -0.25) is 9.59 Å². The molecule has 0 spiro atoms. The van der Waals surface area contributed by atoms with Crippen molar-refractivity contribution in [3.05, 3.63) is 72.7 Å². The van der Waals surface area contributed by atoms with Gasteiger partial charge in [0.15, 0.2) is 11.5 Å². The predicted octanol–water partition coefficient (Wildman–Crippen LogP) is 8.00. The number of rotatable bonds is 13. The van der Waals surface area contributed by atoms with E-state index < -0.39 is 0 Å². The SMILES string of the molecule is C=CC[C]1CCCCC1.CC(C)C(=O)OCCOc1ccccc1.CCCCC(=O)OCC.COc1cc(CO)ccc1O. The van der Waals surface area contributed by atoms with E-state index >= 15 is 0 Å². The molecule has 0 aliphatic heterocycles. The standard InChI is InChI=1S/C12H16O3.C9H15.C8H10O3.C7H14O2/c1-10(2)12(13)15-9-8-14-11-6-4-3-5-7-11;1-2-6-9-7-4-3-5-8-9;1-11-8-4-6(5-9)2-3-7(8)10;1-3-5-6-7(8)9-4-2/h3-7,10H,8-9H2,1-2H3;2H,1,3-8H2;2-4,9-10H,5H2,1H3;3-6H2,1-2H3. The first kappa shape index (κ1) is 40.5. The number of phenolic OH excluding ortho intramolecular Hbond substituents is 1. The zero-order chi connectivity index (χ0) is 33.0. The number of aliphatic hydroxyl groups excluding tert-OH is 1. The molecule has 2 aromatic carbocycles. The Labute approximate surface area is 265 Å². The Balaban J connectivity index is 0.000000575. The van der Waals surface area contributed by atoms with Gasteiger partial charge in [-0.05, 0) is 68.4 Å². The van der Waals surface area contributed by atoms with Gasteiger partial charge < -0.3 is 29.2 Å². The molecule has 0 heterocycles. The molecule has 1 aliphatic rings. The smallest absolute Gasteiger partial charge is 0.308 e. The second-order valence-electron chi connectivity index (χ2n) is 10.4. The van der Waals surface area contributed by atoms with E-state index in [1.54, 1.807) is 31.9 Å². The molecule has 0 atom stereocenters. The van der Waals surface area contributed by atoms with Gasteiger partial charge in [-0.15, -0.1) is 6.58 Å². The van der Waals surface area contributed by atoms with Crippen LogP contribution in [0.5, 0.6) is 17.2 Å². The number of allylic oxidation sites excluding steroid dienone is 1. The Morgan fingerprint density at radius 3 is 2.20 bits per heavy atom. The van der Waals surface area contributed by atoms with Crippen LogP contribution < -0.4 is 9.47 Å². The summed E-state index contributed by atoms with van der Waals surface area (Å²) >= 11 is 0. The van der Waals surface area contributed by atoms with Crippen molar-refractivity contribution < 1.29 is 38.7 Å². The maximum atomic E-state index is 11.1. The van der Waals surface area contributed by atoms with Gasteiger partial charge in [0.05, 0.1) is 26.2 Å². The number of hydrogen-bond donors (Lipinski definition) is 2. The topological polar surface area (TPSA) is 112 Å². The highest BCUT2D eigenvalue weighted by Crippen LogP contribution is 2.28. The number of unbranched alkanes of at least 4 members (excludes halogenated alkanes) is 1. The van der Waals surface area contributed by atoms with E-state index in [1.807, 2.05) is 43.3 Å². The van der Waals surface area contributed by atoms with Crippen molar-refractivity contribution in [3.8, 4) is 17.2 Å². The molecule has 0 aromatic heterocycles. The zero-order valence-electron chi connectivity index (χ0n) is 27.5. The second kappa shape index (κ2) is 27.1. The lowest BCUT2D eigenvalue weighted by Crippen LogP contribution is -2.16. The molecule has 247 valence electrons. The molecular weight excluding hydrogens is 560 g/mol. The molecule has 44 heavy (non-hydrogen) atoms. The molecule has 1 saturated carbocycles. The van der Waals surface area contributed by atoms with Gasteiger partial charge in [0.25, 0.3) is 0 Å². The summed E-state index contributed by atoms with van der Waals surface area (Å²) in [6.07, 6.45) is 12.8. The Kier molecular flexibility index (Phi) is 24.9. The third kappa shape index (κ3) is 21.2. The predicted molar refractivity (Wildman–Crippen MR) is 176 cm³/mol. The summed E-state index contributed by atoms with van der Waals surface area (Å²) in [5.41, 5.74) is 0.722. The highest BCUT2D eigenvalue weighted by molar-refractivity contribution is 5.71. The van der Waals surface area contributed by atoms with Crippen molar-refractivity contribution in [1.29, 1.82) is 0 Å². The molecule has 1 fully saturated rings. The summed E-state index contributed by atoms with van der Waals surface area (Å²) in [4.78, 5) is 21.7. The minimum atomic E-state index is -0.188. The van der Waals surface area contributed by atoms with E-state index in [9.17, 15) is 9.59 Å². The maximum Gasteiger partial charge on any atom is 0.308 e. The number of aromatic hydroxyl groups is 1. The quantitative estimate of drug-likeness (QED) is 0.132. The molecule has 2 N–H and O–H groups in total. The average molecular weight is 616 g/mol. The monoisotopic (exact) mass is 615 g/mol. The number of ether oxygens (including phenoxy) is 4. The Morgan fingerprint density at radius 1 is 0.977 bits per heavy atom. The fraction of sp³-hybridized carbons (Fsp3) is 0.528. The number of hydrogen-bond acceptors (Lipinski definition) is 8. The highest BCUT2D eigenvalue weighted by atomic mass is 16.6. The Hall–Kier alpha value is -3.52. The first-order valence-electron chi connectivity index (χ1n) is 15.6. The van der Waals surface area contributed by atoms with E-state index in [4.69, 9.17) is 29.2 Å². The van der Waals surface area contributed by atoms with Crippen molar-refractivity contribution in [3.63, 3.8) is 0 Å². The normalized spacial score (nSPS) is 12.2. The molecule has 2 aromatic rings. The third-order valence-corrected chi connectivity index (χ3v) is 6.27. The molecule has 8 heteroatoms. The molecule has 0 saturated heterocycles. The van der Waals surface area contributed by atoms with Crippen molar-refractivity contribution in [2.45, 2.75) is 92.1 Å². The van der Waals surface area contributed by atoms with Gasteiger partial charge in [0, 0.05) is 6.42 Å². The van der Waals surface area contributed by atoms with Crippen molar-refractivity contribution >= 4 is 11.9 Å². The molecular formula is C36H55O8. The van der Waals surface area contributed by atoms with E-state index in [1.165, 1.54) is 51.7 Å². The van der Waals surface area contributed by atoms with Crippen molar-refractivity contribution in [2.24, 2.45) is 5.92 Å². The lowest BCUT2D eigenvalue weighted by Gasteiger charge is -2.18. The van der Waals surface area contributed by atoms with Crippen LogP contribution in [0.4, 0.5) is 0 Å². The van der Waals surface area contributed by atoms with Crippen molar-refractivity contribution in [1.82, 2.24) is 0 Å². The van der Waals surface area contributed by atoms with E-state index in [2.05, 4.69) is 13.5 Å². The summed E-state index contributed by atoms with van der Waals surface area (Å²) < 4.78 is 19.9. The number of methoxy groups -OCH3 is 1. The minimum Gasteiger partial charge on any atom is -0.504 e. The summed E-state index contributed by atoms with van der Waals surface area (Å²) in [6.45, 7) is 12.4. The number of benzene rings is 2. The van der Waals surface area contributed by atoms with Crippen LogP contribution in [0.3, 0.4) is 0 Å². The molecule has 0 bridgehead atoms. The number of aliphatic hydroxyl groups is 1. The molecule has 0 amide bonds. The van der Waals surface area contributed by atoms with Gasteiger partial charge >= 0.3 is 11.9 Å². The highest BCUT2D eigenvalue weighted by Gasteiger charge is 2.11. The number of carbonyl (C=O) groups is 2. The van der Waals surface area contributed by atoms with Crippen LogP contribution in [0, 0.1) is 11.8 Å². The maximum absolute atomic E-state index is 11.1.